The van der Waals surface area contributed by atoms with E-state index < -0.39 is 24.3 Å². The average molecular weight is 482 g/mol. The first-order valence-electron chi connectivity index (χ1n) is 10.8. The van der Waals surface area contributed by atoms with Crippen molar-refractivity contribution in [2.45, 2.75) is 34.6 Å². The Morgan fingerprint density at radius 3 is 2.21 bits per heavy atom. The Morgan fingerprint density at radius 2 is 1.71 bits per heavy atom. The van der Waals surface area contributed by atoms with Crippen LogP contribution < -0.4 is 4.90 Å². The molecule has 0 fully saturated rings. The van der Waals surface area contributed by atoms with Gasteiger partial charge in [0.1, 0.15) is 6.54 Å². The summed E-state index contributed by atoms with van der Waals surface area (Å²) in [5.74, 6) is -2.97. The molecule has 8 heteroatoms. The van der Waals surface area contributed by atoms with Crippen LogP contribution in [0.25, 0.3) is 9.88 Å². The van der Waals surface area contributed by atoms with E-state index in [1.165, 1.54) is 6.92 Å². The van der Waals surface area contributed by atoms with E-state index in [-0.39, 0.29) is 16.8 Å². The van der Waals surface area contributed by atoms with Gasteiger partial charge in [-0.05, 0) is 75.1 Å². The molecule has 2 rings (SSSR count). The van der Waals surface area contributed by atoms with Gasteiger partial charge in [-0.2, -0.15) is 0 Å². The molecule has 1 aromatic rings. The van der Waals surface area contributed by atoms with Crippen LogP contribution in [0.1, 0.15) is 40.2 Å². The summed E-state index contributed by atoms with van der Waals surface area (Å²) in [7, 11) is 0. The van der Waals surface area contributed by atoms with Crippen molar-refractivity contribution < 1.29 is 19.5 Å². The van der Waals surface area contributed by atoms with E-state index in [2.05, 4.69) is 23.6 Å². The van der Waals surface area contributed by atoms with Gasteiger partial charge in [0.2, 0.25) is 0 Å². The number of imide groups is 1. The van der Waals surface area contributed by atoms with Gasteiger partial charge in [-0.1, -0.05) is 29.8 Å². The molecular weight excluding hydrogens is 454 g/mol. The summed E-state index contributed by atoms with van der Waals surface area (Å²) in [5.41, 5.74) is 3.31. The number of nitrogens with zero attached hydrogens (tertiary/aromatic N) is 3. The summed E-state index contributed by atoms with van der Waals surface area (Å²) in [6.45, 7) is 17.5. The second-order valence-corrected chi connectivity index (χ2v) is 8.24. The van der Waals surface area contributed by atoms with Gasteiger partial charge in [0.25, 0.3) is 17.5 Å². The highest BCUT2D eigenvalue weighted by atomic mass is 35.5. The molecule has 7 nitrogen and oxygen atoms in total. The first-order valence-corrected chi connectivity index (χ1v) is 11.2. The fourth-order valence-electron chi connectivity index (χ4n) is 3.83. The standard InChI is InChI=1S/C26H28ClN3O4/c1-7-29(8-2)20-11-9-19(10-12-20)21(27)14-16(3)13-17(4)23-18(5)24(28-6)26(34)30(25(23)33)15-22(31)32/h9-14H,7-8,15H2,1-5H3,(H,31,32)/b16-13+,21-14-,23-17-. The lowest BCUT2D eigenvalue weighted by Gasteiger charge is -2.27. The van der Waals surface area contributed by atoms with E-state index in [0.717, 1.165) is 29.9 Å². The molecule has 1 aliphatic rings. The van der Waals surface area contributed by atoms with Crippen molar-refractivity contribution >= 4 is 40.1 Å². The molecule has 0 saturated carbocycles. The van der Waals surface area contributed by atoms with Gasteiger partial charge in [0, 0.05) is 29.4 Å². The zero-order chi connectivity index (χ0) is 25.6. The highest BCUT2D eigenvalue weighted by Gasteiger charge is 2.37. The van der Waals surface area contributed by atoms with Gasteiger partial charge in [0.05, 0.1) is 6.57 Å². The molecule has 34 heavy (non-hydrogen) atoms. The third-order valence-electron chi connectivity index (χ3n) is 5.51. The van der Waals surface area contributed by atoms with Crippen LogP contribution in [-0.4, -0.2) is 47.4 Å². The number of benzene rings is 1. The lowest BCUT2D eigenvalue weighted by molar-refractivity contribution is -0.149. The number of hydrogen-bond acceptors (Lipinski definition) is 4. The predicted octanol–water partition coefficient (Wildman–Crippen LogP) is 5.02. The molecule has 0 aliphatic carbocycles. The molecule has 0 atom stereocenters. The fourth-order valence-corrected chi connectivity index (χ4v) is 4.13. The minimum atomic E-state index is -1.34. The monoisotopic (exact) mass is 481 g/mol. The highest BCUT2D eigenvalue weighted by molar-refractivity contribution is 6.49. The van der Waals surface area contributed by atoms with Gasteiger partial charge >= 0.3 is 5.97 Å². The second-order valence-electron chi connectivity index (χ2n) is 7.83. The van der Waals surface area contributed by atoms with Crippen LogP contribution in [0.5, 0.6) is 0 Å². The van der Waals surface area contributed by atoms with Crippen LogP contribution in [0, 0.1) is 6.57 Å². The fraction of sp³-hybridized carbons (Fsp3) is 0.308. The van der Waals surface area contributed by atoms with E-state index in [1.54, 1.807) is 19.1 Å². The summed E-state index contributed by atoms with van der Waals surface area (Å²) in [6, 6.07) is 7.92. The van der Waals surface area contributed by atoms with Gasteiger partial charge in [-0.15, -0.1) is 0 Å². The van der Waals surface area contributed by atoms with Crippen molar-refractivity contribution in [3.05, 3.63) is 81.4 Å². The van der Waals surface area contributed by atoms with Crippen LogP contribution in [0.2, 0.25) is 0 Å². The molecule has 2 amide bonds. The lowest BCUT2D eigenvalue weighted by atomic mass is 9.93. The SMILES string of the molecule is [C-]#[N+]C1=C(C)/C(=C(C)/C=C(C)/C=C(\Cl)c2ccc(N(CC)CC)cc2)C(=O)N(CC(=O)O)C1=O. The summed E-state index contributed by atoms with van der Waals surface area (Å²) in [4.78, 5) is 42.5. The van der Waals surface area contributed by atoms with Gasteiger partial charge < -0.3 is 10.0 Å². The minimum absolute atomic E-state index is 0.138. The molecule has 1 aliphatic heterocycles. The maximum atomic E-state index is 12.9. The summed E-state index contributed by atoms with van der Waals surface area (Å²) >= 11 is 6.53. The largest absolute Gasteiger partial charge is 0.480 e. The molecule has 1 aromatic carbocycles. The lowest BCUT2D eigenvalue weighted by Crippen LogP contribution is -2.45. The smallest absolute Gasteiger partial charge is 0.323 e. The highest BCUT2D eigenvalue weighted by Crippen LogP contribution is 2.30. The van der Waals surface area contributed by atoms with Gasteiger partial charge in [-0.3, -0.25) is 19.3 Å². The van der Waals surface area contributed by atoms with E-state index in [9.17, 15) is 14.4 Å². The molecule has 178 valence electrons. The number of carbonyl (C=O) groups is 3. The Morgan fingerprint density at radius 1 is 1.12 bits per heavy atom. The number of aliphatic carboxylic acids is 1. The second kappa shape index (κ2) is 11.5. The Bertz CT molecular complexity index is 1160. The average Bonchev–Trinajstić information content (AvgIpc) is 2.78. The third-order valence-corrected chi connectivity index (χ3v) is 5.83. The number of anilines is 1. The van der Waals surface area contributed by atoms with Crippen molar-refractivity contribution in [2.24, 2.45) is 0 Å². The molecule has 0 radical (unpaired) electrons. The topological polar surface area (TPSA) is 82.3 Å². The summed E-state index contributed by atoms with van der Waals surface area (Å²) < 4.78 is 0. The number of allylic oxidation sites excluding steroid dienone is 4. The van der Waals surface area contributed by atoms with Gasteiger partial charge in [-0.25, -0.2) is 4.85 Å². The zero-order valence-corrected chi connectivity index (χ0v) is 20.7. The van der Waals surface area contributed by atoms with Crippen LogP contribution >= 0.6 is 11.6 Å². The van der Waals surface area contributed by atoms with Crippen molar-refractivity contribution in [3.63, 3.8) is 0 Å². The molecule has 0 spiro atoms. The number of amides is 2. The minimum Gasteiger partial charge on any atom is -0.480 e. The summed E-state index contributed by atoms with van der Waals surface area (Å²) in [5, 5.41) is 9.60. The van der Waals surface area contributed by atoms with E-state index >= 15 is 0 Å². The number of carbonyl (C=O) groups excluding carboxylic acids is 2. The van der Waals surface area contributed by atoms with Gasteiger partial charge in [0.15, 0.2) is 0 Å². The van der Waals surface area contributed by atoms with Crippen LogP contribution in [0.3, 0.4) is 0 Å². The summed E-state index contributed by atoms with van der Waals surface area (Å²) in [6.07, 6.45) is 3.49. The first kappa shape index (κ1) is 26.6. The van der Waals surface area contributed by atoms with Crippen LogP contribution in [-0.2, 0) is 14.4 Å². The van der Waals surface area contributed by atoms with E-state index in [1.807, 2.05) is 31.2 Å². The molecule has 1 N–H and O–H groups in total. The third kappa shape index (κ3) is 5.83. The number of carboxylic acids is 1. The maximum Gasteiger partial charge on any atom is 0.323 e. The molecule has 0 aromatic heterocycles. The van der Waals surface area contributed by atoms with E-state index in [0.29, 0.717) is 15.5 Å². The maximum absolute atomic E-state index is 12.9. The Labute approximate surface area is 205 Å². The molecular formula is C26H28ClN3O4. The normalized spacial score (nSPS) is 16.6. The quantitative estimate of drug-likeness (QED) is 0.244. The molecule has 0 saturated heterocycles. The van der Waals surface area contributed by atoms with Crippen molar-refractivity contribution in [2.75, 3.05) is 24.5 Å². The number of rotatable bonds is 8. The predicted molar refractivity (Wildman–Crippen MR) is 134 cm³/mol. The Balaban J connectivity index is 2.43. The number of halogens is 1. The van der Waals surface area contributed by atoms with Crippen molar-refractivity contribution in [1.29, 1.82) is 0 Å². The van der Waals surface area contributed by atoms with Crippen LogP contribution in [0.4, 0.5) is 5.69 Å². The van der Waals surface area contributed by atoms with Crippen LogP contribution in [0.15, 0.2) is 64.4 Å². The Kier molecular flexibility index (Phi) is 8.99. The zero-order valence-electron chi connectivity index (χ0n) is 20.0. The molecule has 0 bridgehead atoms. The molecule has 0 unspecified atom stereocenters. The van der Waals surface area contributed by atoms with Crippen molar-refractivity contribution in [3.8, 4) is 0 Å². The molecule has 1 heterocycles. The number of carboxylic acid groups (broad SMARTS) is 1. The first-order chi connectivity index (χ1) is 16.0. The van der Waals surface area contributed by atoms with E-state index in [4.69, 9.17) is 23.3 Å². The van der Waals surface area contributed by atoms with Crippen molar-refractivity contribution in [1.82, 2.24) is 4.90 Å². The Hall–Kier alpha value is -3.63. The number of hydrogen-bond donors (Lipinski definition) is 1.